The van der Waals surface area contributed by atoms with Crippen molar-refractivity contribution in [2.45, 2.75) is 6.54 Å². The van der Waals surface area contributed by atoms with Gasteiger partial charge in [-0.3, -0.25) is 9.59 Å². The summed E-state index contributed by atoms with van der Waals surface area (Å²) in [6, 6.07) is 10.8. The van der Waals surface area contributed by atoms with E-state index in [2.05, 4.69) is 6.58 Å². The Balaban J connectivity index is 1.98. The third-order valence-corrected chi connectivity index (χ3v) is 3.89. The minimum absolute atomic E-state index is 0.107. The third-order valence-electron chi connectivity index (χ3n) is 3.03. The standard InChI is InChI=1S/C17H17NO3S/c1-2-9-18(11-15-7-5-10-22-15)17(20)13-21-16-8-4-3-6-14(16)12-19/h2-8,10,12H,1,9,11,13H2. The van der Waals surface area contributed by atoms with Crippen LogP contribution < -0.4 is 4.74 Å². The van der Waals surface area contributed by atoms with E-state index < -0.39 is 0 Å². The van der Waals surface area contributed by atoms with Gasteiger partial charge in [0.05, 0.1) is 12.1 Å². The number of nitrogens with zero attached hydrogens (tertiary/aromatic N) is 1. The molecule has 2 aromatic rings. The quantitative estimate of drug-likeness (QED) is 0.555. The number of amides is 1. The summed E-state index contributed by atoms with van der Waals surface area (Å²) in [4.78, 5) is 26.0. The van der Waals surface area contributed by atoms with E-state index in [0.717, 1.165) is 4.88 Å². The Morgan fingerprint density at radius 3 is 2.77 bits per heavy atom. The molecule has 1 heterocycles. The number of carbonyl (C=O) groups is 2. The molecular formula is C17H17NO3S. The van der Waals surface area contributed by atoms with Crippen molar-refractivity contribution in [2.24, 2.45) is 0 Å². The lowest BCUT2D eigenvalue weighted by molar-refractivity contribution is -0.133. The molecule has 0 spiro atoms. The predicted octanol–water partition coefficient (Wildman–Crippen LogP) is 3.15. The molecule has 2 rings (SSSR count). The van der Waals surface area contributed by atoms with Crippen molar-refractivity contribution in [2.75, 3.05) is 13.2 Å². The fourth-order valence-electron chi connectivity index (χ4n) is 1.94. The van der Waals surface area contributed by atoms with Crippen LogP contribution in [0.1, 0.15) is 15.2 Å². The minimum Gasteiger partial charge on any atom is -0.483 e. The second-order valence-electron chi connectivity index (χ2n) is 4.59. The predicted molar refractivity (Wildman–Crippen MR) is 87.3 cm³/mol. The van der Waals surface area contributed by atoms with Gasteiger partial charge < -0.3 is 9.64 Å². The molecular weight excluding hydrogens is 298 g/mol. The lowest BCUT2D eigenvalue weighted by Crippen LogP contribution is -2.34. The van der Waals surface area contributed by atoms with Gasteiger partial charge in [0.1, 0.15) is 5.75 Å². The lowest BCUT2D eigenvalue weighted by atomic mass is 10.2. The topological polar surface area (TPSA) is 46.6 Å². The summed E-state index contributed by atoms with van der Waals surface area (Å²) in [6.07, 6.45) is 2.40. The molecule has 0 fully saturated rings. The van der Waals surface area contributed by atoms with E-state index in [9.17, 15) is 9.59 Å². The number of rotatable bonds is 8. The monoisotopic (exact) mass is 315 g/mol. The Morgan fingerprint density at radius 2 is 2.09 bits per heavy atom. The Morgan fingerprint density at radius 1 is 1.27 bits per heavy atom. The van der Waals surface area contributed by atoms with Crippen LogP contribution in [0.2, 0.25) is 0 Å². The van der Waals surface area contributed by atoms with E-state index in [1.807, 2.05) is 17.5 Å². The van der Waals surface area contributed by atoms with Crippen molar-refractivity contribution in [1.82, 2.24) is 4.90 Å². The first kappa shape index (κ1) is 16.0. The molecule has 4 nitrogen and oxygen atoms in total. The largest absolute Gasteiger partial charge is 0.483 e. The molecule has 114 valence electrons. The van der Waals surface area contributed by atoms with Gasteiger partial charge in [0.25, 0.3) is 5.91 Å². The SMILES string of the molecule is C=CCN(Cc1cccs1)C(=O)COc1ccccc1C=O. The van der Waals surface area contributed by atoms with Gasteiger partial charge in [-0.1, -0.05) is 24.3 Å². The summed E-state index contributed by atoms with van der Waals surface area (Å²) in [5, 5.41) is 1.97. The average molecular weight is 315 g/mol. The summed E-state index contributed by atoms with van der Waals surface area (Å²) < 4.78 is 5.48. The maximum absolute atomic E-state index is 12.3. The van der Waals surface area contributed by atoms with Gasteiger partial charge in [-0.25, -0.2) is 0 Å². The number of benzene rings is 1. The van der Waals surface area contributed by atoms with Crippen molar-refractivity contribution in [3.63, 3.8) is 0 Å². The van der Waals surface area contributed by atoms with Gasteiger partial charge in [0.2, 0.25) is 0 Å². The van der Waals surface area contributed by atoms with Crippen LogP contribution in [-0.2, 0) is 11.3 Å². The molecule has 22 heavy (non-hydrogen) atoms. The van der Waals surface area contributed by atoms with Crippen LogP contribution in [0.25, 0.3) is 0 Å². The molecule has 0 aliphatic heterocycles. The highest BCUT2D eigenvalue weighted by Gasteiger charge is 2.14. The van der Waals surface area contributed by atoms with Gasteiger partial charge in [-0.15, -0.1) is 17.9 Å². The van der Waals surface area contributed by atoms with Gasteiger partial charge in [-0.05, 0) is 23.6 Å². The maximum Gasteiger partial charge on any atom is 0.261 e. The number of thiophene rings is 1. The molecule has 0 unspecified atom stereocenters. The van der Waals surface area contributed by atoms with E-state index in [4.69, 9.17) is 4.74 Å². The van der Waals surface area contributed by atoms with Crippen LogP contribution in [0.15, 0.2) is 54.4 Å². The molecule has 1 aromatic heterocycles. The zero-order valence-corrected chi connectivity index (χ0v) is 12.9. The number of aldehydes is 1. The Labute approximate surface area is 133 Å². The number of ether oxygens (including phenoxy) is 1. The van der Waals surface area contributed by atoms with Crippen molar-refractivity contribution in [3.05, 3.63) is 64.9 Å². The van der Waals surface area contributed by atoms with E-state index in [1.54, 1.807) is 46.6 Å². The Kier molecular flexibility index (Phi) is 5.91. The van der Waals surface area contributed by atoms with Crippen molar-refractivity contribution >= 4 is 23.5 Å². The number of para-hydroxylation sites is 1. The highest BCUT2D eigenvalue weighted by atomic mass is 32.1. The van der Waals surface area contributed by atoms with Crippen molar-refractivity contribution < 1.29 is 14.3 Å². The van der Waals surface area contributed by atoms with Crippen LogP contribution in [-0.4, -0.2) is 30.2 Å². The van der Waals surface area contributed by atoms with E-state index in [1.165, 1.54) is 0 Å². The Bertz CT molecular complexity index is 637. The number of hydrogen-bond donors (Lipinski definition) is 0. The molecule has 0 atom stereocenters. The fourth-order valence-corrected chi connectivity index (χ4v) is 2.66. The molecule has 0 aliphatic carbocycles. The Hall–Kier alpha value is -2.40. The average Bonchev–Trinajstić information content (AvgIpc) is 3.05. The number of hydrogen-bond acceptors (Lipinski definition) is 4. The first-order chi connectivity index (χ1) is 10.7. The highest BCUT2D eigenvalue weighted by Crippen LogP contribution is 2.16. The molecule has 0 saturated carbocycles. The molecule has 1 amide bonds. The normalized spacial score (nSPS) is 10.0. The van der Waals surface area contributed by atoms with Crippen LogP contribution in [0.3, 0.4) is 0 Å². The maximum atomic E-state index is 12.3. The third kappa shape index (κ3) is 4.30. The fraction of sp³-hybridized carbons (Fsp3) is 0.176. The molecule has 0 aliphatic rings. The summed E-state index contributed by atoms with van der Waals surface area (Å²) >= 11 is 1.60. The van der Waals surface area contributed by atoms with Crippen molar-refractivity contribution in [1.29, 1.82) is 0 Å². The summed E-state index contributed by atoms with van der Waals surface area (Å²) in [5.41, 5.74) is 0.434. The van der Waals surface area contributed by atoms with E-state index >= 15 is 0 Å². The molecule has 5 heteroatoms. The van der Waals surface area contributed by atoms with E-state index in [-0.39, 0.29) is 12.5 Å². The molecule has 0 bridgehead atoms. The van der Waals surface area contributed by atoms with Crippen LogP contribution in [0, 0.1) is 0 Å². The molecule has 0 saturated heterocycles. The number of carbonyl (C=O) groups excluding carboxylic acids is 2. The highest BCUT2D eigenvalue weighted by molar-refractivity contribution is 7.09. The zero-order chi connectivity index (χ0) is 15.8. The zero-order valence-electron chi connectivity index (χ0n) is 12.1. The van der Waals surface area contributed by atoms with Gasteiger partial charge in [-0.2, -0.15) is 0 Å². The molecule has 0 N–H and O–H groups in total. The summed E-state index contributed by atoms with van der Waals surface area (Å²) in [6.45, 7) is 4.56. The minimum atomic E-state index is -0.144. The molecule has 1 aromatic carbocycles. The van der Waals surface area contributed by atoms with E-state index in [0.29, 0.717) is 30.7 Å². The first-order valence-corrected chi connectivity index (χ1v) is 7.70. The second kappa shape index (κ2) is 8.14. The van der Waals surface area contributed by atoms with Gasteiger partial charge >= 0.3 is 0 Å². The first-order valence-electron chi connectivity index (χ1n) is 6.82. The summed E-state index contributed by atoms with van der Waals surface area (Å²) in [7, 11) is 0. The van der Waals surface area contributed by atoms with Gasteiger partial charge in [0.15, 0.2) is 12.9 Å². The lowest BCUT2D eigenvalue weighted by Gasteiger charge is -2.20. The second-order valence-corrected chi connectivity index (χ2v) is 5.62. The van der Waals surface area contributed by atoms with Crippen LogP contribution in [0.4, 0.5) is 0 Å². The van der Waals surface area contributed by atoms with Crippen molar-refractivity contribution in [3.8, 4) is 5.75 Å². The van der Waals surface area contributed by atoms with Gasteiger partial charge in [0, 0.05) is 11.4 Å². The smallest absolute Gasteiger partial charge is 0.261 e. The van der Waals surface area contributed by atoms with Crippen LogP contribution >= 0.6 is 11.3 Å². The summed E-state index contributed by atoms with van der Waals surface area (Å²) in [5.74, 6) is 0.273. The molecule has 0 radical (unpaired) electrons. The van der Waals surface area contributed by atoms with Crippen LogP contribution in [0.5, 0.6) is 5.75 Å².